The second-order valence-corrected chi connectivity index (χ2v) is 7.09. The Morgan fingerprint density at radius 2 is 1.95 bits per heavy atom. The zero-order valence-electron chi connectivity index (χ0n) is 13.9. The summed E-state index contributed by atoms with van der Waals surface area (Å²) in [6.45, 7) is 5.07. The maximum Gasteiger partial charge on any atom is 0.242 e. The van der Waals surface area contributed by atoms with E-state index in [4.69, 9.17) is 0 Å². The minimum Gasteiger partial charge on any atom is -0.392 e. The van der Waals surface area contributed by atoms with E-state index in [0.29, 0.717) is 19.5 Å². The molecule has 2 aliphatic rings. The molecule has 5 nitrogen and oxygen atoms in total. The molecule has 1 saturated heterocycles. The van der Waals surface area contributed by atoms with Gasteiger partial charge in [0, 0.05) is 24.9 Å². The van der Waals surface area contributed by atoms with E-state index in [1.165, 1.54) is 0 Å². The molecule has 1 aliphatic heterocycles. The number of rotatable bonds is 4. The summed E-state index contributed by atoms with van der Waals surface area (Å²) in [7, 11) is 0. The van der Waals surface area contributed by atoms with Crippen LogP contribution in [-0.2, 0) is 9.59 Å². The van der Waals surface area contributed by atoms with Crippen LogP contribution in [-0.4, -0.2) is 47.1 Å². The monoisotopic (exact) mass is 310 g/mol. The molecule has 2 amide bonds. The zero-order valence-corrected chi connectivity index (χ0v) is 13.9. The lowest BCUT2D eigenvalue weighted by Gasteiger charge is -2.40. The van der Waals surface area contributed by atoms with Gasteiger partial charge in [0.2, 0.25) is 11.8 Å². The van der Waals surface area contributed by atoms with Crippen LogP contribution in [0.5, 0.6) is 0 Å². The second-order valence-electron chi connectivity index (χ2n) is 7.09. The lowest BCUT2D eigenvalue weighted by Crippen LogP contribution is -2.54. The van der Waals surface area contributed by atoms with Gasteiger partial charge in [0.1, 0.15) is 6.04 Å². The third kappa shape index (κ3) is 3.80. The minimum absolute atomic E-state index is 0.0551. The molecule has 2 N–H and O–H groups in total. The van der Waals surface area contributed by atoms with Crippen LogP contribution >= 0.6 is 0 Å². The third-order valence-electron chi connectivity index (χ3n) is 5.37. The van der Waals surface area contributed by atoms with Gasteiger partial charge in [0.25, 0.3) is 0 Å². The van der Waals surface area contributed by atoms with Crippen molar-refractivity contribution in [1.29, 1.82) is 0 Å². The Morgan fingerprint density at radius 1 is 1.23 bits per heavy atom. The molecule has 0 aromatic rings. The molecule has 22 heavy (non-hydrogen) atoms. The SMILES string of the molecule is CCC(=O)N1CCCCC1C(=O)NCC1(C)CCCCC1O. The summed E-state index contributed by atoms with van der Waals surface area (Å²) in [5, 5.41) is 13.2. The summed E-state index contributed by atoms with van der Waals surface area (Å²) >= 11 is 0. The average Bonchev–Trinajstić information content (AvgIpc) is 2.55. The number of amides is 2. The Labute approximate surface area is 133 Å². The Kier molecular flexibility index (Phi) is 5.84. The first-order valence-electron chi connectivity index (χ1n) is 8.73. The summed E-state index contributed by atoms with van der Waals surface area (Å²) in [5.74, 6) is 0.00395. The summed E-state index contributed by atoms with van der Waals surface area (Å²) in [6, 6.07) is -0.328. The van der Waals surface area contributed by atoms with Crippen molar-refractivity contribution in [3.05, 3.63) is 0 Å². The molecule has 1 saturated carbocycles. The molecule has 3 atom stereocenters. The molecule has 2 fully saturated rings. The lowest BCUT2D eigenvalue weighted by atomic mass is 9.73. The van der Waals surface area contributed by atoms with Gasteiger partial charge in [-0.15, -0.1) is 0 Å². The van der Waals surface area contributed by atoms with Crippen LogP contribution < -0.4 is 5.32 Å². The Hall–Kier alpha value is -1.10. The number of piperidine rings is 1. The molecule has 0 aromatic heterocycles. The van der Waals surface area contributed by atoms with Crippen LogP contribution in [0.2, 0.25) is 0 Å². The first kappa shape index (κ1) is 17.3. The van der Waals surface area contributed by atoms with E-state index >= 15 is 0 Å². The Morgan fingerprint density at radius 3 is 2.64 bits per heavy atom. The first-order chi connectivity index (χ1) is 10.5. The molecule has 0 radical (unpaired) electrons. The van der Waals surface area contributed by atoms with E-state index in [2.05, 4.69) is 5.32 Å². The standard InChI is InChI=1S/C17H30N2O3/c1-3-15(21)19-11-7-5-8-13(19)16(22)18-12-17(2)10-6-4-9-14(17)20/h13-14,20H,3-12H2,1-2H3,(H,18,22). The number of carbonyl (C=O) groups is 2. The van der Waals surface area contributed by atoms with Gasteiger partial charge in [0.15, 0.2) is 0 Å². The molecule has 1 heterocycles. The normalized spacial score (nSPS) is 32.6. The van der Waals surface area contributed by atoms with Crippen molar-refractivity contribution in [3.8, 4) is 0 Å². The molecule has 2 rings (SSSR count). The van der Waals surface area contributed by atoms with Crippen molar-refractivity contribution in [1.82, 2.24) is 10.2 Å². The molecule has 1 aliphatic carbocycles. The topological polar surface area (TPSA) is 69.6 Å². The number of hydrogen-bond acceptors (Lipinski definition) is 3. The van der Waals surface area contributed by atoms with Gasteiger partial charge in [-0.25, -0.2) is 0 Å². The fourth-order valence-electron chi connectivity index (χ4n) is 3.70. The van der Waals surface area contributed by atoms with Crippen LogP contribution in [0.3, 0.4) is 0 Å². The number of aliphatic hydroxyl groups excluding tert-OH is 1. The van der Waals surface area contributed by atoms with Crippen LogP contribution in [0.25, 0.3) is 0 Å². The molecular weight excluding hydrogens is 280 g/mol. The van der Waals surface area contributed by atoms with Gasteiger partial charge < -0.3 is 15.3 Å². The maximum absolute atomic E-state index is 12.5. The molecule has 5 heteroatoms. The van der Waals surface area contributed by atoms with E-state index < -0.39 is 0 Å². The van der Waals surface area contributed by atoms with Crippen molar-refractivity contribution in [2.24, 2.45) is 5.41 Å². The predicted octanol–water partition coefficient (Wildman–Crippen LogP) is 1.83. The van der Waals surface area contributed by atoms with E-state index in [-0.39, 0.29) is 29.4 Å². The highest BCUT2D eigenvalue weighted by Crippen LogP contribution is 2.35. The number of aliphatic hydroxyl groups is 1. The van der Waals surface area contributed by atoms with Crippen molar-refractivity contribution in [2.75, 3.05) is 13.1 Å². The largest absolute Gasteiger partial charge is 0.392 e. The van der Waals surface area contributed by atoms with Crippen LogP contribution in [0, 0.1) is 5.41 Å². The van der Waals surface area contributed by atoms with Crippen molar-refractivity contribution < 1.29 is 14.7 Å². The quantitative estimate of drug-likeness (QED) is 0.832. The summed E-state index contributed by atoms with van der Waals surface area (Å²) < 4.78 is 0. The number of carbonyl (C=O) groups excluding carboxylic acids is 2. The van der Waals surface area contributed by atoms with Crippen LogP contribution in [0.4, 0.5) is 0 Å². The fourth-order valence-corrected chi connectivity index (χ4v) is 3.70. The van der Waals surface area contributed by atoms with Gasteiger partial charge in [-0.05, 0) is 32.1 Å². The van der Waals surface area contributed by atoms with E-state index in [1.807, 2.05) is 13.8 Å². The van der Waals surface area contributed by atoms with Gasteiger partial charge in [0.05, 0.1) is 6.10 Å². The highest BCUT2D eigenvalue weighted by atomic mass is 16.3. The van der Waals surface area contributed by atoms with Gasteiger partial charge >= 0.3 is 0 Å². The van der Waals surface area contributed by atoms with Crippen molar-refractivity contribution >= 4 is 11.8 Å². The number of likely N-dealkylation sites (tertiary alicyclic amines) is 1. The van der Waals surface area contributed by atoms with Crippen LogP contribution in [0.1, 0.15) is 65.2 Å². The number of hydrogen-bond donors (Lipinski definition) is 2. The molecule has 3 unspecified atom stereocenters. The van der Waals surface area contributed by atoms with Crippen LogP contribution in [0.15, 0.2) is 0 Å². The smallest absolute Gasteiger partial charge is 0.242 e. The first-order valence-corrected chi connectivity index (χ1v) is 8.73. The predicted molar refractivity (Wildman–Crippen MR) is 85.2 cm³/mol. The van der Waals surface area contributed by atoms with E-state index in [0.717, 1.165) is 44.9 Å². The van der Waals surface area contributed by atoms with E-state index in [9.17, 15) is 14.7 Å². The number of nitrogens with zero attached hydrogens (tertiary/aromatic N) is 1. The molecule has 126 valence electrons. The summed E-state index contributed by atoms with van der Waals surface area (Å²) in [4.78, 5) is 26.3. The molecule has 0 bridgehead atoms. The van der Waals surface area contributed by atoms with Crippen molar-refractivity contribution in [3.63, 3.8) is 0 Å². The highest BCUT2D eigenvalue weighted by molar-refractivity contribution is 5.87. The van der Waals surface area contributed by atoms with Gasteiger partial charge in [-0.1, -0.05) is 26.7 Å². The Bertz CT molecular complexity index is 413. The lowest BCUT2D eigenvalue weighted by molar-refractivity contribution is -0.142. The second kappa shape index (κ2) is 7.44. The van der Waals surface area contributed by atoms with Gasteiger partial charge in [-0.2, -0.15) is 0 Å². The minimum atomic E-state index is -0.346. The molecule has 0 spiro atoms. The zero-order chi connectivity index (χ0) is 16.2. The Balaban J connectivity index is 1.94. The summed E-state index contributed by atoms with van der Waals surface area (Å²) in [5.41, 5.74) is -0.234. The third-order valence-corrected chi connectivity index (χ3v) is 5.37. The molecule has 0 aromatic carbocycles. The highest BCUT2D eigenvalue weighted by Gasteiger charge is 2.37. The maximum atomic E-state index is 12.5. The number of nitrogens with one attached hydrogen (secondary N) is 1. The average molecular weight is 310 g/mol. The molecular formula is C17H30N2O3. The van der Waals surface area contributed by atoms with Crippen molar-refractivity contribution in [2.45, 2.75) is 77.4 Å². The fraction of sp³-hybridized carbons (Fsp3) is 0.882. The van der Waals surface area contributed by atoms with E-state index in [1.54, 1.807) is 4.90 Å². The van der Waals surface area contributed by atoms with Gasteiger partial charge in [-0.3, -0.25) is 9.59 Å². The summed E-state index contributed by atoms with van der Waals surface area (Å²) in [6.07, 6.45) is 6.74.